The molecule has 142 valence electrons. The zero-order valence-electron chi connectivity index (χ0n) is 14.9. The van der Waals surface area contributed by atoms with Crippen LogP contribution in [0.4, 0.5) is 15.6 Å². The van der Waals surface area contributed by atoms with Gasteiger partial charge in [0.15, 0.2) is 10.8 Å². The summed E-state index contributed by atoms with van der Waals surface area (Å²) in [4.78, 5) is 29.7. The summed E-state index contributed by atoms with van der Waals surface area (Å²) in [7, 11) is 0. The number of thiazole rings is 1. The first kappa shape index (κ1) is 17.8. The number of benzene rings is 1. The van der Waals surface area contributed by atoms with E-state index in [1.807, 2.05) is 24.3 Å². The van der Waals surface area contributed by atoms with Gasteiger partial charge in [-0.2, -0.15) is 0 Å². The highest BCUT2D eigenvalue weighted by Crippen LogP contribution is 2.49. The van der Waals surface area contributed by atoms with Crippen LogP contribution < -0.4 is 10.2 Å². The van der Waals surface area contributed by atoms with Crippen molar-refractivity contribution >= 4 is 34.2 Å². The quantitative estimate of drug-likeness (QED) is 0.766. The average Bonchev–Trinajstić information content (AvgIpc) is 3.31. The fraction of sp³-hybridized carbons (Fsp3) is 0.421. The lowest BCUT2D eigenvalue weighted by atomic mass is 9.83. The van der Waals surface area contributed by atoms with Crippen molar-refractivity contribution in [2.45, 2.75) is 38.3 Å². The Labute approximate surface area is 161 Å². The Balaban J connectivity index is 1.67. The van der Waals surface area contributed by atoms with Crippen molar-refractivity contribution in [3.63, 3.8) is 0 Å². The van der Waals surface area contributed by atoms with Crippen LogP contribution in [0.3, 0.4) is 0 Å². The lowest BCUT2D eigenvalue weighted by Gasteiger charge is -2.42. The number of hydrogen-bond acceptors (Lipinski definition) is 6. The Bertz CT molecular complexity index is 868. The average molecular weight is 387 g/mol. The third-order valence-corrected chi connectivity index (χ3v) is 6.07. The van der Waals surface area contributed by atoms with E-state index in [0.717, 1.165) is 30.5 Å². The van der Waals surface area contributed by atoms with Crippen LogP contribution in [-0.2, 0) is 4.74 Å². The number of ether oxygens (including phenoxy) is 1. The summed E-state index contributed by atoms with van der Waals surface area (Å²) in [5.74, 6) is -0.257. The van der Waals surface area contributed by atoms with Gasteiger partial charge < -0.3 is 15.2 Å². The molecule has 1 amide bonds. The minimum atomic E-state index is -0.906. The van der Waals surface area contributed by atoms with Gasteiger partial charge in [-0.1, -0.05) is 24.6 Å². The van der Waals surface area contributed by atoms with Crippen LogP contribution in [0.1, 0.15) is 48.3 Å². The lowest BCUT2D eigenvalue weighted by molar-refractivity contribution is 0.0520. The van der Waals surface area contributed by atoms with Crippen molar-refractivity contribution in [1.82, 2.24) is 4.98 Å². The standard InChI is InChI=1S/C19H21N3O4S/c1-2-26-17(23)13-10-27-18(20-13)21-16-11-6-3-4-8-14(11)22(19(24)25)15-9-5-7-12(15)16/h3-4,6,8,10,12,15-16H,2,5,7,9H2,1H3,(H,20,21)(H,24,25)/t12-,15+,16?/m0/s1. The highest BCUT2D eigenvalue weighted by molar-refractivity contribution is 7.13. The van der Waals surface area contributed by atoms with Gasteiger partial charge in [0.1, 0.15) is 0 Å². The molecule has 0 spiro atoms. The van der Waals surface area contributed by atoms with Crippen LogP contribution in [0.25, 0.3) is 0 Å². The number of aromatic nitrogens is 1. The number of fused-ring (bicyclic) bond motifs is 2. The van der Waals surface area contributed by atoms with E-state index < -0.39 is 12.1 Å². The van der Waals surface area contributed by atoms with Gasteiger partial charge in [-0.15, -0.1) is 11.3 Å². The highest BCUT2D eigenvalue weighted by Gasteiger charge is 2.46. The molecule has 8 heteroatoms. The maximum atomic E-state index is 11.9. The van der Waals surface area contributed by atoms with E-state index in [0.29, 0.717) is 17.4 Å². The molecule has 1 unspecified atom stereocenters. The summed E-state index contributed by atoms with van der Waals surface area (Å²) in [6.07, 6.45) is 1.90. The SMILES string of the molecule is CCOC(=O)c1csc(NC2c3ccccc3N(C(=O)O)[C@@H]3CCC[C@H]23)n1. The van der Waals surface area contributed by atoms with Crippen molar-refractivity contribution in [1.29, 1.82) is 0 Å². The fourth-order valence-electron chi connectivity index (χ4n) is 4.26. The summed E-state index contributed by atoms with van der Waals surface area (Å²) in [6.45, 7) is 2.07. The molecular weight excluding hydrogens is 366 g/mol. The summed E-state index contributed by atoms with van der Waals surface area (Å²) in [5, 5.41) is 15.6. The first-order valence-corrected chi connectivity index (χ1v) is 9.98. The van der Waals surface area contributed by atoms with E-state index in [4.69, 9.17) is 4.74 Å². The lowest BCUT2D eigenvalue weighted by Crippen LogP contribution is -2.48. The highest BCUT2D eigenvalue weighted by atomic mass is 32.1. The number of hydrogen-bond donors (Lipinski definition) is 2. The van der Waals surface area contributed by atoms with Crippen LogP contribution in [0.15, 0.2) is 29.6 Å². The summed E-state index contributed by atoms with van der Waals surface area (Å²) in [5.41, 5.74) is 1.98. The van der Waals surface area contributed by atoms with Crippen LogP contribution in [-0.4, -0.2) is 34.8 Å². The number of nitrogens with zero attached hydrogens (tertiary/aromatic N) is 2. The molecular formula is C19H21N3O4S. The molecule has 2 N–H and O–H groups in total. The third-order valence-electron chi connectivity index (χ3n) is 5.30. The van der Waals surface area contributed by atoms with Crippen molar-refractivity contribution in [2.75, 3.05) is 16.8 Å². The number of esters is 1. The van der Waals surface area contributed by atoms with Crippen molar-refractivity contribution in [3.8, 4) is 0 Å². The van der Waals surface area contributed by atoms with Crippen LogP contribution >= 0.6 is 11.3 Å². The fourth-order valence-corrected chi connectivity index (χ4v) is 4.98. The molecule has 1 aromatic heterocycles. The Morgan fingerprint density at radius 3 is 2.96 bits per heavy atom. The maximum absolute atomic E-state index is 11.9. The first-order chi connectivity index (χ1) is 13.1. The number of anilines is 2. The van der Waals surface area contributed by atoms with Crippen molar-refractivity contribution < 1.29 is 19.4 Å². The van der Waals surface area contributed by atoms with Crippen LogP contribution in [0.2, 0.25) is 0 Å². The van der Waals surface area contributed by atoms with E-state index in [9.17, 15) is 14.7 Å². The number of amides is 1. The zero-order valence-corrected chi connectivity index (χ0v) is 15.7. The number of carbonyl (C=O) groups excluding carboxylic acids is 1. The van der Waals surface area contributed by atoms with Gasteiger partial charge in [-0.25, -0.2) is 14.6 Å². The molecule has 1 saturated carbocycles. The largest absolute Gasteiger partial charge is 0.465 e. The first-order valence-electron chi connectivity index (χ1n) is 9.10. The molecule has 3 atom stereocenters. The van der Waals surface area contributed by atoms with E-state index >= 15 is 0 Å². The Morgan fingerprint density at radius 1 is 1.37 bits per heavy atom. The minimum Gasteiger partial charge on any atom is -0.465 e. The Morgan fingerprint density at radius 2 is 2.19 bits per heavy atom. The van der Waals surface area contributed by atoms with E-state index in [-0.39, 0.29) is 18.0 Å². The van der Waals surface area contributed by atoms with Gasteiger partial charge in [-0.05, 0) is 31.4 Å². The van der Waals surface area contributed by atoms with E-state index in [1.165, 1.54) is 16.2 Å². The molecule has 1 aliphatic carbocycles. The second-order valence-corrected chi connectivity index (χ2v) is 7.61. The zero-order chi connectivity index (χ0) is 19.0. The van der Waals surface area contributed by atoms with E-state index in [1.54, 1.807) is 12.3 Å². The van der Waals surface area contributed by atoms with E-state index in [2.05, 4.69) is 10.3 Å². The molecule has 27 heavy (non-hydrogen) atoms. The van der Waals surface area contributed by atoms with Crippen LogP contribution in [0, 0.1) is 5.92 Å². The molecule has 1 aromatic carbocycles. The van der Waals surface area contributed by atoms with Gasteiger partial charge >= 0.3 is 12.1 Å². The molecule has 0 saturated heterocycles. The molecule has 7 nitrogen and oxygen atoms in total. The van der Waals surface area contributed by atoms with Crippen LogP contribution in [0.5, 0.6) is 0 Å². The van der Waals surface area contributed by atoms with Gasteiger partial charge in [0.25, 0.3) is 0 Å². The number of para-hydroxylation sites is 1. The summed E-state index contributed by atoms with van der Waals surface area (Å²) < 4.78 is 5.00. The van der Waals surface area contributed by atoms with Gasteiger partial charge in [-0.3, -0.25) is 4.90 Å². The number of nitrogens with one attached hydrogen (secondary N) is 1. The minimum absolute atomic E-state index is 0.0366. The van der Waals surface area contributed by atoms with Crippen molar-refractivity contribution in [2.24, 2.45) is 5.92 Å². The monoisotopic (exact) mass is 387 g/mol. The third kappa shape index (κ3) is 3.14. The van der Waals surface area contributed by atoms with Gasteiger partial charge in [0.05, 0.1) is 18.3 Å². The predicted molar refractivity (Wildman–Crippen MR) is 103 cm³/mol. The molecule has 2 aromatic rings. The summed E-state index contributed by atoms with van der Waals surface area (Å²) in [6, 6.07) is 7.54. The Hall–Kier alpha value is -2.61. The van der Waals surface area contributed by atoms with Crippen molar-refractivity contribution in [3.05, 3.63) is 40.9 Å². The normalized spacial score (nSPS) is 23.4. The number of rotatable bonds is 4. The van der Waals surface area contributed by atoms with Gasteiger partial charge in [0, 0.05) is 17.3 Å². The maximum Gasteiger partial charge on any atom is 0.412 e. The molecule has 1 fully saturated rings. The number of carbonyl (C=O) groups is 2. The molecule has 1 aliphatic heterocycles. The summed E-state index contributed by atoms with van der Waals surface area (Å²) >= 11 is 1.36. The van der Waals surface area contributed by atoms with Gasteiger partial charge in [0.2, 0.25) is 0 Å². The molecule has 0 bridgehead atoms. The second-order valence-electron chi connectivity index (χ2n) is 6.75. The smallest absolute Gasteiger partial charge is 0.412 e. The second kappa shape index (κ2) is 7.19. The molecule has 2 heterocycles. The molecule has 4 rings (SSSR count). The predicted octanol–water partition coefficient (Wildman–Crippen LogP) is 4.14. The molecule has 2 aliphatic rings. The molecule has 0 radical (unpaired) electrons. The topological polar surface area (TPSA) is 91.8 Å². The number of carboxylic acid groups (broad SMARTS) is 1. The Kier molecular flexibility index (Phi) is 4.73.